The normalized spacial score (nSPS) is 14.9. The molecule has 0 atom stereocenters. The number of amides is 1. The Hall–Kier alpha value is -2.91. The van der Waals surface area contributed by atoms with Crippen LogP contribution in [0.2, 0.25) is 5.02 Å². The van der Waals surface area contributed by atoms with Crippen molar-refractivity contribution >= 4 is 27.5 Å². The smallest absolute Gasteiger partial charge is 0.260 e. The van der Waals surface area contributed by atoms with Gasteiger partial charge in [-0.25, -0.2) is 12.7 Å². The van der Waals surface area contributed by atoms with Crippen molar-refractivity contribution in [2.45, 2.75) is 10.9 Å². The molecule has 4 rings (SSSR count). The van der Waals surface area contributed by atoms with Crippen LogP contribution >= 0.6 is 11.6 Å². The first-order valence-electron chi connectivity index (χ1n) is 11.7. The Morgan fingerprint density at radius 1 is 0.917 bits per heavy atom. The van der Waals surface area contributed by atoms with Gasteiger partial charge in [0.2, 0.25) is 10.0 Å². The Bertz CT molecular complexity index is 1240. The predicted octanol–water partition coefficient (Wildman–Crippen LogP) is 3.90. The van der Waals surface area contributed by atoms with Crippen molar-refractivity contribution in [3.05, 3.63) is 95.0 Å². The fourth-order valence-corrected chi connectivity index (χ4v) is 5.54. The lowest BCUT2D eigenvalue weighted by Crippen LogP contribution is -2.51. The van der Waals surface area contributed by atoms with Crippen molar-refractivity contribution in [2.75, 3.05) is 46.9 Å². The third kappa shape index (κ3) is 5.90. The molecule has 0 aromatic heterocycles. The third-order valence-electron chi connectivity index (χ3n) is 6.30. The predicted molar refractivity (Wildman–Crippen MR) is 141 cm³/mol. The van der Waals surface area contributed by atoms with E-state index in [9.17, 15) is 13.2 Å². The van der Waals surface area contributed by atoms with Crippen LogP contribution in [0.15, 0.2) is 83.8 Å². The van der Waals surface area contributed by atoms with Crippen LogP contribution < -0.4 is 4.74 Å². The van der Waals surface area contributed by atoms with Crippen LogP contribution in [0.4, 0.5) is 0 Å². The van der Waals surface area contributed by atoms with Gasteiger partial charge in [0.15, 0.2) is 6.61 Å². The largest absolute Gasteiger partial charge is 0.482 e. The van der Waals surface area contributed by atoms with Gasteiger partial charge >= 0.3 is 0 Å². The quantitative estimate of drug-likeness (QED) is 0.444. The van der Waals surface area contributed by atoms with Crippen molar-refractivity contribution in [3.63, 3.8) is 0 Å². The van der Waals surface area contributed by atoms with Gasteiger partial charge < -0.3 is 9.64 Å². The summed E-state index contributed by atoms with van der Waals surface area (Å²) in [5.74, 6) is 0.140. The lowest BCUT2D eigenvalue weighted by Gasteiger charge is -2.39. The van der Waals surface area contributed by atoms with E-state index in [-0.39, 0.29) is 34.2 Å². The van der Waals surface area contributed by atoms with Crippen molar-refractivity contribution in [1.29, 1.82) is 0 Å². The Balaban J connectivity index is 1.37. The summed E-state index contributed by atoms with van der Waals surface area (Å²) < 4.78 is 31.3. The zero-order valence-electron chi connectivity index (χ0n) is 20.4. The number of piperazine rings is 1. The van der Waals surface area contributed by atoms with Crippen molar-refractivity contribution in [1.82, 2.24) is 14.1 Å². The molecule has 7 nitrogen and oxygen atoms in total. The van der Waals surface area contributed by atoms with Crippen LogP contribution in [0.3, 0.4) is 0 Å². The van der Waals surface area contributed by atoms with Gasteiger partial charge in [0.05, 0.1) is 16.0 Å². The summed E-state index contributed by atoms with van der Waals surface area (Å²) in [6.07, 6.45) is 0. The first-order chi connectivity index (χ1) is 17.3. The summed E-state index contributed by atoms with van der Waals surface area (Å²) in [7, 11) is -0.699. The van der Waals surface area contributed by atoms with Crippen LogP contribution in [-0.2, 0) is 14.8 Å². The van der Waals surface area contributed by atoms with E-state index in [0.717, 1.165) is 17.4 Å². The molecule has 0 N–H and O–H groups in total. The van der Waals surface area contributed by atoms with Crippen LogP contribution in [0.5, 0.6) is 5.75 Å². The van der Waals surface area contributed by atoms with Gasteiger partial charge in [-0.2, -0.15) is 0 Å². The minimum absolute atomic E-state index is 0.0682. The molecule has 190 valence electrons. The van der Waals surface area contributed by atoms with Crippen LogP contribution in [0, 0.1) is 0 Å². The molecule has 0 aliphatic carbocycles. The van der Waals surface area contributed by atoms with E-state index in [1.807, 2.05) is 12.1 Å². The Morgan fingerprint density at radius 2 is 1.47 bits per heavy atom. The van der Waals surface area contributed by atoms with Gasteiger partial charge in [0.25, 0.3) is 5.91 Å². The van der Waals surface area contributed by atoms with Crippen molar-refractivity contribution < 1.29 is 17.9 Å². The molecule has 36 heavy (non-hydrogen) atoms. The summed E-state index contributed by atoms with van der Waals surface area (Å²) in [6, 6.07) is 25.2. The Kier molecular flexibility index (Phi) is 8.31. The summed E-state index contributed by atoms with van der Waals surface area (Å²) in [5.41, 5.74) is 2.45. The maximum absolute atomic E-state index is 12.9. The van der Waals surface area contributed by atoms with E-state index in [4.69, 9.17) is 16.3 Å². The molecule has 0 spiro atoms. The van der Waals surface area contributed by atoms with Crippen LogP contribution in [-0.4, -0.2) is 75.3 Å². The molecule has 0 saturated carbocycles. The molecule has 0 bridgehead atoms. The number of halogens is 1. The van der Waals surface area contributed by atoms with Gasteiger partial charge in [-0.05, 0) is 29.3 Å². The van der Waals surface area contributed by atoms with Gasteiger partial charge in [0, 0.05) is 40.3 Å². The summed E-state index contributed by atoms with van der Waals surface area (Å²) in [6.45, 7) is 2.48. The number of carbonyl (C=O) groups is 1. The molecule has 0 radical (unpaired) electrons. The second-order valence-electron chi connectivity index (χ2n) is 8.81. The zero-order chi connectivity index (χ0) is 25.7. The third-order valence-corrected chi connectivity index (χ3v) is 8.40. The molecular formula is C27H30ClN3O4S. The number of sulfonamides is 1. The number of rotatable bonds is 8. The number of nitrogens with zero attached hydrogens (tertiary/aromatic N) is 3. The fourth-order valence-electron chi connectivity index (χ4n) is 4.31. The zero-order valence-corrected chi connectivity index (χ0v) is 22.0. The number of benzene rings is 3. The topological polar surface area (TPSA) is 70.2 Å². The highest BCUT2D eigenvalue weighted by Gasteiger charge is 2.28. The molecule has 3 aromatic rings. The maximum Gasteiger partial charge on any atom is 0.260 e. The van der Waals surface area contributed by atoms with E-state index >= 15 is 0 Å². The van der Waals surface area contributed by atoms with Crippen molar-refractivity contribution in [2.24, 2.45) is 0 Å². The maximum atomic E-state index is 12.9. The SMILES string of the molecule is CN(C)S(=O)(=O)c1ccc(OCC(=O)N2CCN(C(c3ccccc3)c3ccccc3)CC2)c(Cl)c1. The highest BCUT2D eigenvalue weighted by Crippen LogP contribution is 2.30. The Labute approximate surface area is 217 Å². The molecule has 1 amide bonds. The molecule has 1 fully saturated rings. The summed E-state index contributed by atoms with van der Waals surface area (Å²) in [4.78, 5) is 17.1. The number of carbonyl (C=O) groups excluding carboxylic acids is 1. The minimum Gasteiger partial charge on any atom is -0.482 e. The number of hydrogen-bond donors (Lipinski definition) is 0. The fraction of sp³-hybridized carbons (Fsp3) is 0.296. The van der Waals surface area contributed by atoms with Crippen LogP contribution in [0.1, 0.15) is 17.2 Å². The minimum atomic E-state index is -3.60. The molecular weight excluding hydrogens is 498 g/mol. The molecule has 0 unspecified atom stereocenters. The van der Waals surface area contributed by atoms with E-state index < -0.39 is 10.0 Å². The van der Waals surface area contributed by atoms with E-state index in [2.05, 4.69) is 53.4 Å². The van der Waals surface area contributed by atoms with Gasteiger partial charge in [0.1, 0.15) is 5.75 Å². The number of hydrogen-bond acceptors (Lipinski definition) is 5. The molecule has 1 aliphatic rings. The highest BCUT2D eigenvalue weighted by atomic mass is 35.5. The Morgan fingerprint density at radius 3 is 1.97 bits per heavy atom. The van der Waals surface area contributed by atoms with Gasteiger partial charge in [-0.1, -0.05) is 72.3 Å². The number of ether oxygens (including phenoxy) is 1. The molecule has 1 heterocycles. The molecule has 1 saturated heterocycles. The molecule has 1 aliphatic heterocycles. The lowest BCUT2D eigenvalue weighted by molar-refractivity contribution is -0.135. The van der Waals surface area contributed by atoms with E-state index in [1.54, 1.807) is 4.90 Å². The second-order valence-corrected chi connectivity index (χ2v) is 11.4. The van der Waals surface area contributed by atoms with Gasteiger partial charge in [-0.15, -0.1) is 0 Å². The van der Waals surface area contributed by atoms with Crippen LogP contribution in [0.25, 0.3) is 0 Å². The van der Waals surface area contributed by atoms with Crippen molar-refractivity contribution in [3.8, 4) is 5.75 Å². The van der Waals surface area contributed by atoms with E-state index in [0.29, 0.717) is 13.1 Å². The first-order valence-corrected chi connectivity index (χ1v) is 13.6. The average molecular weight is 528 g/mol. The average Bonchev–Trinajstić information content (AvgIpc) is 2.89. The summed E-state index contributed by atoms with van der Waals surface area (Å²) >= 11 is 6.24. The first kappa shape index (κ1) is 26.2. The van der Waals surface area contributed by atoms with E-state index in [1.165, 1.54) is 43.4 Å². The lowest BCUT2D eigenvalue weighted by atomic mass is 9.96. The summed E-state index contributed by atoms with van der Waals surface area (Å²) in [5, 5.41) is 0.143. The molecule has 3 aromatic carbocycles. The van der Waals surface area contributed by atoms with Gasteiger partial charge in [-0.3, -0.25) is 9.69 Å². The standard InChI is InChI=1S/C27H30ClN3O4S/c1-29(2)36(33,34)23-13-14-25(24(28)19-23)35-20-26(32)30-15-17-31(18-16-30)27(21-9-5-3-6-10-21)22-11-7-4-8-12-22/h3-14,19,27H,15-18,20H2,1-2H3. The highest BCUT2D eigenvalue weighted by molar-refractivity contribution is 7.89. The monoisotopic (exact) mass is 527 g/mol. The molecule has 9 heteroatoms. The second kappa shape index (κ2) is 11.4.